The Bertz CT molecular complexity index is 1060. The summed E-state index contributed by atoms with van der Waals surface area (Å²) in [5, 5.41) is 12.4. The van der Waals surface area contributed by atoms with Crippen LogP contribution in [0.5, 0.6) is 5.75 Å². The molecule has 32 heavy (non-hydrogen) atoms. The minimum Gasteiger partial charge on any atom is -0.494 e. The van der Waals surface area contributed by atoms with Gasteiger partial charge in [0, 0.05) is 30.2 Å². The number of carbonyl (C=O) groups excluding carboxylic acids is 2. The third kappa shape index (κ3) is 5.66. The molecule has 1 aromatic heterocycles. The van der Waals surface area contributed by atoms with Crippen molar-refractivity contribution in [3.63, 3.8) is 0 Å². The molecule has 1 aliphatic heterocycles. The molecule has 1 unspecified atom stereocenters. The monoisotopic (exact) mass is 468 g/mol. The molecular formula is C23H24N4O3S2. The van der Waals surface area contributed by atoms with Crippen LogP contribution in [-0.4, -0.2) is 35.2 Å². The maximum Gasteiger partial charge on any atom is 0.231 e. The van der Waals surface area contributed by atoms with E-state index in [1.54, 1.807) is 16.7 Å². The van der Waals surface area contributed by atoms with Crippen LogP contribution >= 0.6 is 23.1 Å². The summed E-state index contributed by atoms with van der Waals surface area (Å²) in [6.07, 6.45) is 0.178. The molecule has 0 bridgehead atoms. The predicted molar refractivity (Wildman–Crippen MR) is 128 cm³/mol. The molecule has 1 aliphatic rings. The van der Waals surface area contributed by atoms with E-state index in [-0.39, 0.29) is 18.2 Å². The van der Waals surface area contributed by atoms with Crippen molar-refractivity contribution in [2.24, 2.45) is 5.92 Å². The van der Waals surface area contributed by atoms with Crippen LogP contribution in [0.15, 0.2) is 54.6 Å². The lowest BCUT2D eigenvalue weighted by atomic mass is 10.1. The van der Waals surface area contributed by atoms with Gasteiger partial charge in [-0.1, -0.05) is 41.7 Å². The summed E-state index contributed by atoms with van der Waals surface area (Å²) in [5.74, 6) is 1.69. The van der Waals surface area contributed by atoms with Crippen LogP contribution in [-0.2, 0) is 21.1 Å². The predicted octanol–water partition coefficient (Wildman–Crippen LogP) is 4.36. The van der Waals surface area contributed by atoms with Crippen LogP contribution in [0.25, 0.3) is 0 Å². The number of aromatic nitrogens is 2. The van der Waals surface area contributed by atoms with Gasteiger partial charge in [0.2, 0.25) is 16.9 Å². The SMILES string of the molecule is CCOc1ccc(N2CC(C(=O)Nc3nnc(CSCc4ccccc4)s3)CC2=O)cc1. The summed E-state index contributed by atoms with van der Waals surface area (Å²) in [6, 6.07) is 17.6. The summed E-state index contributed by atoms with van der Waals surface area (Å²) in [4.78, 5) is 26.8. The van der Waals surface area contributed by atoms with Gasteiger partial charge in [0.15, 0.2) is 0 Å². The number of nitrogens with zero attached hydrogens (tertiary/aromatic N) is 3. The first-order valence-corrected chi connectivity index (χ1v) is 12.4. The van der Waals surface area contributed by atoms with Crippen LogP contribution in [0.4, 0.5) is 10.8 Å². The van der Waals surface area contributed by atoms with Crippen molar-refractivity contribution in [2.75, 3.05) is 23.4 Å². The maximum absolute atomic E-state index is 12.7. The van der Waals surface area contributed by atoms with Crippen LogP contribution in [0.2, 0.25) is 0 Å². The van der Waals surface area contributed by atoms with Crippen molar-refractivity contribution in [2.45, 2.75) is 24.9 Å². The largest absolute Gasteiger partial charge is 0.494 e. The van der Waals surface area contributed by atoms with E-state index in [0.717, 1.165) is 28.0 Å². The molecule has 1 saturated heterocycles. The molecule has 3 aromatic rings. The standard InChI is InChI=1S/C23H24N4O3S2/c1-2-30-19-10-8-18(9-11-19)27-13-17(12-21(27)28)22(29)24-23-26-25-20(32-23)15-31-14-16-6-4-3-5-7-16/h3-11,17H,2,12-15H2,1H3,(H,24,26,29). The topological polar surface area (TPSA) is 84.4 Å². The van der Waals surface area contributed by atoms with Crippen LogP contribution in [0, 0.1) is 5.92 Å². The second-order valence-electron chi connectivity index (χ2n) is 7.30. The zero-order valence-corrected chi connectivity index (χ0v) is 19.3. The van der Waals surface area contributed by atoms with Gasteiger partial charge in [0.05, 0.1) is 12.5 Å². The molecule has 2 amide bonds. The number of hydrogen-bond donors (Lipinski definition) is 1. The summed E-state index contributed by atoms with van der Waals surface area (Å²) in [7, 11) is 0. The maximum atomic E-state index is 12.7. The summed E-state index contributed by atoms with van der Waals surface area (Å²) in [5.41, 5.74) is 2.03. The van der Waals surface area contributed by atoms with E-state index >= 15 is 0 Å². The Balaban J connectivity index is 1.28. The van der Waals surface area contributed by atoms with Crippen molar-refractivity contribution in [1.82, 2.24) is 10.2 Å². The van der Waals surface area contributed by atoms with E-state index in [2.05, 4.69) is 27.6 Å². The average molecular weight is 469 g/mol. The molecule has 0 radical (unpaired) electrons. The number of rotatable bonds is 9. The zero-order chi connectivity index (χ0) is 22.3. The van der Waals surface area contributed by atoms with Gasteiger partial charge in [0.25, 0.3) is 0 Å². The number of ether oxygens (including phenoxy) is 1. The molecule has 0 aliphatic carbocycles. The summed E-state index contributed by atoms with van der Waals surface area (Å²) in [6.45, 7) is 2.85. The van der Waals surface area contributed by atoms with Gasteiger partial charge < -0.3 is 15.0 Å². The Morgan fingerprint density at radius 2 is 1.94 bits per heavy atom. The van der Waals surface area contributed by atoms with E-state index < -0.39 is 5.92 Å². The normalized spacial score (nSPS) is 15.7. The van der Waals surface area contributed by atoms with Crippen molar-refractivity contribution in [1.29, 1.82) is 0 Å². The van der Waals surface area contributed by atoms with Gasteiger partial charge in [0.1, 0.15) is 10.8 Å². The Morgan fingerprint density at radius 1 is 1.16 bits per heavy atom. The number of hydrogen-bond acceptors (Lipinski definition) is 7. The smallest absolute Gasteiger partial charge is 0.231 e. The van der Waals surface area contributed by atoms with Gasteiger partial charge in [-0.2, -0.15) is 0 Å². The van der Waals surface area contributed by atoms with E-state index in [1.807, 2.05) is 49.4 Å². The van der Waals surface area contributed by atoms with E-state index in [4.69, 9.17) is 4.74 Å². The van der Waals surface area contributed by atoms with Crippen molar-refractivity contribution in [3.8, 4) is 5.75 Å². The fourth-order valence-electron chi connectivity index (χ4n) is 3.42. The van der Waals surface area contributed by atoms with Crippen LogP contribution in [0.1, 0.15) is 23.9 Å². The molecule has 2 aromatic carbocycles. The Labute approximate surface area is 195 Å². The average Bonchev–Trinajstić information content (AvgIpc) is 3.42. The number of thioether (sulfide) groups is 1. The Hall–Kier alpha value is -2.91. The first-order valence-electron chi connectivity index (χ1n) is 10.4. The molecule has 7 nitrogen and oxygen atoms in total. The molecule has 1 fully saturated rings. The van der Waals surface area contributed by atoms with E-state index in [1.165, 1.54) is 16.9 Å². The highest BCUT2D eigenvalue weighted by Gasteiger charge is 2.35. The van der Waals surface area contributed by atoms with Gasteiger partial charge in [-0.15, -0.1) is 22.0 Å². The highest BCUT2D eigenvalue weighted by molar-refractivity contribution is 7.97. The molecule has 1 N–H and O–H groups in total. The number of anilines is 2. The van der Waals surface area contributed by atoms with Gasteiger partial charge in [-0.3, -0.25) is 9.59 Å². The van der Waals surface area contributed by atoms with Crippen LogP contribution < -0.4 is 15.0 Å². The third-order valence-electron chi connectivity index (χ3n) is 4.99. The fraction of sp³-hybridized carbons (Fsp3) is 0.304. The zero-order valence-electron chi connectivity index (χ0n) is 17.7. The van der Waals surface area contributed by atoms with E-state index in [9.17, 15) is 9.59 Å². The fourth-order valence-corrected chi connectivity index (χ4v) is 5.21. The lowest BCUT2D eigenvalue weighted by Crippen LogP contribution is -2.28. The van der Waals surface area contributed by atoms with E-state index in [0.29, 0.717) is 18.3 Å². The molecule has 1 atom stereocenters. The number of amides is 2. The summed E-state index contributed by atoms with van der Waals surface area (Å²) < 4.78 is 5.44. The van der Waals surface area contributed by atoms with Gasteiger partial charge in [-0.05, 0) is 36.8 Å². The minimum absolute atomic E-state index is 0.0652. The second kappa shape index (κ2) is 10.6. The molecule has 0 saturated carbocycles. The van der Waals surface area contributed by atoms with Gasteiger partial charge in [-0.25, -0.2) is 0 Å². The number of benzene rings is 2. The van der Waals surface area contributed by atoms with Gasteiger partial charge >= 0.3 is 0 Å². The number of nitrogens with one attached hydrogen (secondary N) is 1. The molecular weight excluding hydrogens is 444 g/mol. The molecule has 4 rings (SSSR count). The van der Waals surface area contributed by atoms with Crippen molar-refractivity contribution >= 4 is 45.7 Å². The highest BCUT2D eigenvalue weighted by atomic mass is 32.2. The second-order valence-corrected chi connectivity index (χ2v) is 9.35. The van der Waals surface area contributed by atoms with Crippen molar-refractivity contribution < 1.29 is 14.3 Å². The molecule has 166 valence electrons. The number of carbonyl (C=O) groups is 2. The van der Waals surface area contributed by atoms with Crippen molar-refractivity contribution in [3.05, 3.63) is 65.2 Å². The Kier molecular flexibility index (Phi) is 7.39. The first-order chi connectivity index (χ1) is 15.6. The molecule has 2 heterocycles. The first kappa shape index (κ1) is 22.3. The highest BCUT2D eigenvalue weighted by Crippen LogP contribution is 2.28. The molecule has 0 spiro atoms. The lowest BCUT2D eigenvalue weighted by molar-refractivity contribution is -0.122. The summed E-state index contributed by atoms with van der Waals surface area (Å²) >= 11 is 3.13. The quantitative estimate of drug-likeness (QED) is 0.502. The van der Waals surface area contributed by atoms with Crippen LogP contribution in [0.3, 0.4) is 0 Å². The Morgan fingerprint density at radius 3 is 2.69 bits per heavy atom. The third-order valence-corrected chi connectivity index (χ3v) is 7.03. The molecule has 9 heteroatoms. The minimum atomic E-state index is -0.422. The lowest BCUT2D eigenvalue weighted by Gasteiger charge is -2.17.